The van der Waals surface area contributed by atoms with E-state index in [1.807, 2.05) is 54.6 Å². The molecule has 2 heterocycles. The number of ether oxygens (including phenoxy) is 8. The summed E-state index contributed by atoms with van der Waals surface area (Å²) < 4.78 is 66.6. The second-order valence-corrected chi connectivity index (χ2v) is 32.9. The molecule has 0 unspecified atom stereocenters. The van der Waals surface area contributed by atoms with Gasteiger partial charge in [-0.3, -0.25) is 4.79 Å². The first-order valence-corrected chi connectivity index (χ1v) is 31.7. The summed E-state index contributed by atoms with van der Waals surface area (Å²) in [5.74, 6) is -1.25. The van der Waals surface area contributed by atoms with Crippen molar-refractivity contribution in [3.8, 4) is 0 Å². The maximum Gasteiger partial charge on any atom is 0.338 e. The van der Waals surface area contributed by atoms with Crippen molar-refractivity contribution < 1.29 is 61.1 Å². The van der Waals surface area contributed by atoms with Gasteiger partial charge in [-0.2, -0.15) is 0 Å². The molecular formula is C59H90O13Si2. The van der Waals surface area contributed by atoms with Crippen molar-refractivity contribution in [2.45, 2.75) is 217 Å². The maximum atomic E-state index is 14.3. The van der Waals surface area contributed by atoms with Crippen molar-refractivity contribution in [2.75, 3.05) is 26.9 Å². The third kappa shape index (κ3) is 15.9. The van der Waals surface area contributed by atoms with Crippen molar-refractivity contribution in [3.63, 3.8) is 0 Å². The lowest BCUT2D eigenvalue weighted by Gasteiger charge is -2.46. The molecule has 0 aliphatic carbocycles. The molecule has 15 heteroatoms. The van der Waals surface area contributed by atoms with E-state index in [9.17, 15) is 14.4 Å². The fraction of sp³-hybridized carbons (Fsp3) is 0.644. The molecule has 0 bridgehead atoms. The molecule has 412 valence electrons. The van der Waals surface area contributed by atoms with Gasteiger partial charge in [0.05, 0.1) is 38.1 Å². The molecule has 0 spiro atoms. The summed E-state index contributed by atoms with van der Waals surface area (Å²) in [5.41, 5.74) is 3.27. The van der Waals surface area contributed by atoms with Gasteiger partial charge in [0.25, 0.3) is 0 Å². The molecule has 2 saturated heterocycles. The number of esters is 3. The maximum absolute atomic E-state index is 14.3. The molecule has 2 aliphatic heterocycles. The Labute approximate surface area is 445 Å². The van der Waals surface area contributed by atoms with E-state index in [-0.39, 0.29) is 42.4 Å². The van der Waals surface area contributed by atoms with Gasteiger partial charge in [-0.25, -0.2) is 9.59 Å². The van der Waals surface area contributed by atoms with Crippen LogP contribution < -0.4 is 0 Å². The molecule has 3 aromatic carbocycles. The molecule has 0 aromatic heterocycles. The molecule has 0 N–H and O–H groups in total. The standard InChI is InChI=1S/C59H90O13Si2/c1-40(2)73(41(3)4,42(5)6)67-39-50-53(72-74(43(7)8,44(9)10)45(11)12)55(71-57(62)48-33-25-20-26-34-48)59(69-50)66-38-49-52(65-37-46-29-21-18-22-30-46)54(70-56(61)47-31-23-19-24-32-47)58(68-49)64-36-28-17-15-14-16-27-35-51(60)63-13/h18-26,29-34,40-45,49-50,52-55,58-59H,14-17,27-28,35-39H2,1-13H3/t49-,50-,52-,53-,54+,55+,58+,59+/m1/s1. The normalized spacial score (nSPS) is 22.4. The third-order valence-electron chi connectivity index (χ3n) is 15.3. The molecular weight excluding hydrogens is 973 g/mol. The predicted molar refractivity (Wildman–Crippen MR) is 293 cm³/mol. The van der Waals surface area contributed by atoms with Crippen LogP contribution in [0.15, 0.2) is 91.0 Å². The first kappa shape index (κ1) is 61.1. The third-order valence-corrected chi connectivity index (χ3v) is 27.5. The first-order chi connectivity index (χ1) is 35.4. The summed E-state index contributed by atoms with van der Waals surface area (Å²) in [5, 5.41) is 0. The number of unbranched alkanes of at least 4 members (excludes halogenated alkanes) is 5. The molecule has 13 nitrogen and oxygen atoms in total. The second-order valence-electron chi connectivity index (χ2n) is 22.0. The quantitative estimate of drug-likeness (QED) is 0.0261. The average Bonchev–Trinajstić information content (AvgIpc) is 3.87. The molecule has 5 rings (SSSR count). The van der Waals surface area contributed by atoms with E-state index in [4.69, 9.17) is 46.7 Å². The summed E-state index contributed by atoms with van der Waals surface area (Å²) in [7, 11) is -3.69. The van der Waals surface area contributed by atoms with Gasteiger partial charge < -0.3 is 46.7 Å². The van der Waals surface area contributed by atoms with Crippen LogP contribution in [0.2, 0.25) is 33.2 Å². The molecule has 74 heavy (non-hydrogen) atoms. The Morgan fingerprint density at radius 1 is 0.486 bits per heavy atom. The van der Waals surface area contributed by atoms with Gasteiger partial charge in [0.1, 0.15) is 24.4 Å². The van der Waals surface area contributed by atoms with Crippen molar-refractivity contribution in [3.05, 3.63) is 108 Å². The highest BCUT2D eigenvalue weighted by molar-refractivity contribution is 6.78. The summed E-state index contributed by atoms with van der Waals surface area (Å²) in [6.07, 6.45) is -1.41. The minimum atomic E-state index is -2.67. The Hall–Kier alpha value is -3.78. The van der Waals surface area contributed by atoms with Crippen LogP contribution in [-0.4, -0.2) is 111 Å². The highest BCUT2D eigenvalue weighted by Crippen LogP contribution is 2.47. The van der Waals surface area contributed by atoms with E-state index in [2.05, 4.69) is 83.1 Å². The van der Waals surface area contributed by atoms with Gasteiger partial charge in [0.2, 0.25) is 8.32 Å². The van der Waals surface area contributed by atoms with Crippen LogP contribution in [0, 0.1) is 0 Å². The fourth-order valence-electron chi connectivity index (χ4n) is 11.8. The average molecular weight is 1060 g/mol. The number of hydrogen-bond acceptors (Lipinski definition) is 13. The fourth-order valence-corrected chi connectivity index (χ4v) is 22.8. The van der Waals surface area contributed by atoms with Gasteiger partial charge in [0.15, 0.2) is 33.1 Å². The summed E-state index contributed by atoms with van der Waals surface area (Å²) >= 11 is 0. The smallest absolute Gasteiger partial charge is 0.338 e. The zero-order chi connectivity index (χ0) is 54.0. The zero-order valence-electron chi connectivity index (χ0n) is 46.8. The number of hydrogen-bond donors (Lipinski definition) is 0. The second kappa shape index (κ2) is 29.7. The van der Waals surface area contributed by atoms with Gasteiger partial charge >= 0.3 is 17.9 Å². The van der Waals surface area contributed by atoms with Crippen molar-refractivity contribution in [2.24, 2.45) is 0 Å². The van der Waals surface area contributed by atoms with Crippen LogP contribution in [0.5, 0.6) is 0 Å². The summed E-state index contributed by atoms with van der Waals surface area (Å²) in [6.45, 7) is 27.7. The highest BCUT2D eigenvalue weighted by Gasteiger charge is 2.57. The topological polar surface area (TPSA) is 144 Å². The van der Waals surface area contributed by atoms with E-state index in [1.54, 1.807) is 36.4 Å². The van der Waals surface area contributed by atoms with Crippen molar-refractivity contribution in [1.29, 1.82) is 0 Å². The minimum Gasteiger partial charge on any atom is -0.469 e. The molecule has 3 aromatic rings. The van der Waals surface area contributed by atoms with E-state index in [0.717, 1.165) is 44.1 Å². The van der Waals surface area contributed by atoms with Gasteiger partial charge in [-0.15, -0.1) is 0 Å². The molecule has 2 fully saturated rings. The van der Waals surface area contributed by atoms with Crippen LogP contribution in [0.25, 0.3) is 0 Å². The van der Waals surface area contributed by atoms with E-state index < -0.39 is 77.8 Å². The van der Waals surface area contributed by atoms with E-state index in [0.29, 0.717) is 40.8 Å². The Bertz CT molecular complexity index is 2060. The monoisotopic (exact) mass is 1060 g/mol. The molecule has 2 aliphatic rings. The van der Waals surface area contributed by atoms with Gasteiger partial charge in [-0.05, 0) is 75.9 Å². The SMILES string of the molecule is COC(=O)CCCCCCCCO[C@H]1O[C@H](CO[C@H]2O[C@H](CO[Si](C(C)C)(C(C)C)C(C)C)[C@@H](O[Si](C(C)C)(C(C)C)C(C)C)[C@@H]2OC(=O)c2ccccc2)[C@@H](OCc2ccccc2)[C@@H]1OC(=O)c1ccccc1. The number of carbonyl (C=O) groups is 3. The van der Waals surface area contributed by atoms with Gasteiger partial charge in [-0.1, -0.05) is 175 Å². The van der Waals surface area contributed by atoms with Crippen LogP contribution in [0.4, 0.5) is 0 Å². The molecule has 0 radical (unpaired) electrons. The number of methoxy groups -OCH3 is 1. The predicted octanol–water partition coefficient (Wildman–Crippen LogP) is 13.2. The molecule has 0 amide bonds. The zero-order valence-corrected chi connectivity index (χ0v) is 48.8. The first-order valence-electron chi connectivity index (χ1n) is 27.5. The van der Waals surface area contributed by atoms with Gasteiger partial charge in [0, 0.05) is 13.0 Å². The lowest BCUT2D eigenvalue weighted by Crippen LogP contribution is -2.56. The van der Waals surface area contributed by atoms with Crippen LogP contribution in [0.3, 0.4) is 0 Å². The number of rotatable bonds is 31. The van der Waals surface area contributed by atoms with E-state index >= 15 is 0 Å². The van der Waals surface area contributed by atoms with E-state index in [1.165, 1.54) is 7.11 Å². The Morgan fingerprint density at radius 2 is 0.919 bits per heavy atom. The lowest BCUT2D eigenvalue weighted by molar-refractivity contribution is -0.206. The molecule has 0 saturated carbocycles. The lowest BCUT2D eigenvalue weighted by atomic mass is 10.1. The largest absolute Gasteiger partial charge is 0.469 e. The van der Waals surface area contributed by atoms with Crippen LogP contribution in [0.1, 0.15) is 154 Å². The van der Waals surface area contributed by atoms with Crippen molar-refractivity contribution >= 4 is 34.5 Å². The Morgan fingerprint density at radius 3 is 1.41 bits per heavy atom. The number of carbonyl (C=O) groups excluding carboxylic acids is 3. The minimum absolute atomic E-state index is 0.0988. The summed E-state index contributed by atoms with van der Waals surface area (Å²) in [4.78, 5) is 39.8. The van der Waals surface area contributed by atoms with Crippen LogP contribution >= 0.6 is 0 Å². The highest BCUT2D eigenvalue weighted by atomic mass is 28.4. The van der Waals surface area contributed by atoms with Crippen LogP contribution in [-0.2, 0) is 58.1 Å². The Kier molecular flexibility index (Phi) is 24.5. The number of benzene rings is 3. The molecule has 8 atom stereocenters. The van der Waals surface area contributed by atoms with Crippen molar-refractivity contribution in [1.82, 2.24) is 0 Å². The summed E-state index contributed by atoms with van der Waals surface area (Å²) in [6, 6.07) is 27.6. The Balaban J connectivity index is 1.50.